The van der Waals surface area contributed by atoms with Gasteiger partial charge in [0.2, 0.25) is 5.91 Å². The Morgan fingerprint density at radius 2 is 2.26 bits per heavy atom. The van der Waals surface area contributed by atoms with E-state index in [0.29, 0.717) is 36.8 Å². The quantitative estimate of drug-likeness (QED) is 0.615. The van der Waals surface area contributed by atoms with Gasteiger partial charge in [-0.25, -0.2) is 4.98 Å². The molecule has 4 N–H and O–H groups in total. The highest BCUT2D eigenvalue weighted by Crippen LogP contribution is 2.23. The Bertz CT molecular complexity index is 903. The lowest BCUT2D eigenvalue weighted by atomic mass is 10.1. The second-order valence-electron chi connectivity index (χ2n) is 6.29. The first-order valence-corrected chi connectivity index (χ1v) is 8.64. The molecule has 1 amide bonds. The number of likely N-dealkylation sites (tertiary alicyclic amines) is 1. The fraction of sp³-hybridized carbons (Fsp3) is 0.333. The fourth-order valence-corrected chi connectivity index (χ4v) is 2.86. The third-order valence-electron chi connectivity index (χ3n) is 4.57. The molecule has 1 fully saturated rings. The van der Waals surface area contributed by atoms with Crippen LogP contribution < -0.4 is 21.5 Å². The molecule has 0 saturated carbocycles. The van der Waals surface area contributed by atoms with E-state index in [9.17, 15) is 9.59 Å². The molecule has 1 aliphatic heterocycles. The molecule has 2 aromatic rings. The van der Waals surface area contributed by atoms with Gasteiger partial charge in [-0.3, -0.25) is 14.6 Å². The number of aromatic nitrogens is 3. The van der Waals surface area contributed by atoms with Crippen molar-refractivity contribution in [3.05, 3.63) is 47.2 Å². The Kier molecular flexibility index (Phi) is 5.51. The van der Waals surface area contributed by atoms with Crippen LogP contribution in [0.15, 0.2) is 41.6 Å². The van der Waals surface area contributed by atoms with Crippen LogP contribution in [0.5, 0.6) is 0 Å². The summed E-state index contributed by atoms with van der Waals surface area (Å²) in [5.41, 5.74) is 7.13. The van der Waals surface area contributed by atoms with Gasteiger partial charge in [0, 0.05) is 51.6 Å². The van der Waals surface area contributed by atoms with E-state index in [-0.39, 0.29) is 17.5 Å². The maximum Gasteiger partial charge on any atom is 0.271 e. The summed E-state index contributed by atoms with van der Waals surface area (Å²) in [5.74, 6) is 0.583. The standard InChI is InChI=1S/C18H23N7O2/c1-20-16-9-21-8-14(23-16)12-6-15(18(27)22-7-12)24(2)13-10-25(11-13)17(26)4-3-5-19/h3-4,6-9,13H,5,10-11,19H2,1-2H3,(H,20,23)(H,22,27). The van der Waals surface area contributed by atoms with Gasteiger partial charge < -0.3 is 25.8 Å². The topological polar surface area (TPSA) is 120 Å². The maximum atomic E-state index is 12.3. The molecule has 2 aromatic heterocycles. The van der Waals surface area contributed by atoms with Gasteiger partial charge in [-0.1, -0.05) is 6.08 Å². The molecule has 0 aliphatic carbocycles. The number of carbonyl (C=O) groups is 1. The van der Waals surface area contributed by atoms with Crippen LogP contribution in [0.25, 0.3) is 11.3 Å². The van der Waals surface area contributed by atoms with Crippen molar-refractivity contribution in [1.29, 1.82) is 0 Å². The number of anilines is 2. The summed E-state index contributed by atoms with van der Waals surface area (Å²) in [6.07, 6.45) is 8.01. The minimum absolute atomic E-state index is 0.0630. The average Bonchev–Trinajstić information content (AvgIpc) is 2.65. The zero-order chi connectivity index (χ0) is 19.4. The number of H-pyrrole nitrogens is 1. The smallest absolute Gasteiger partial charge is 0.271 e. The molecule has 1 saturated heterocycles. The molecule has 0 atom stereocenters. The van der Waals surface area contributed by atoms with Gasteiger partial charge in [-0.15, -0.1) is 0 Å². The molecule has 0 bridgehead atoms. The van der Waals surface area contributed by atoms with Gasteiger partial charge in [-0.05, 0) is 6.07 Å². The highest BCUT2D eigenvalue weighted by Gasteiger charge is 2.33. The molecule has 9 nitrogen and oxygen atoms in total. The number of carbonyl (C=O) groups excluding carboxylic acids is 1. The summed E-state index contributed by atoms with van der Waals surface area (Å²) in [6, 6.07) is 1.87. The number of rotatable bonds is 6. The van der Waals surface area contributed by atoms with E-state index < -0.39 is 0 Å². The zero-order valence-electron chi connectivity index (χ0n) is 15.3. The van der Waals surface area contributed by atoms with Crippen LogP contribution in [0, 0.1) is 0 Å². The van der Waals surface area contributed by atoms with Crippen LogP contribution in [0.2, 0.25) is 0 Å². The second-order valence-corrected chi connectivity index (χ2v) is 6.29. The van der Waals surface area contributed by atoms with Crippen molar-refractivity contribution in [2.75, 3.05) is 43.9 Å². The van der Waals surface area contributed by atoms with Crippen molar-refractivity contribution in [3.63, 3.8) is 0 Å². The molecular formula is C18H23N7O2. The molecule has 3 heterocycles. The summed E-state index contributed by atoms with van der Waals surface area (Å²) in [5, 5.41) is 2.95. The molecule has 9 heteroatoms. The molecule has 0 aromatic carbocycles. The monoisotopic (exact) mass is 369 g/mol. The largest absolute Gasteiger partial charge is 0.372 e. The summed E-state index contributed by atoms with van der Waals surface area (Å²) in [6.45, 7) is 1.45. The first kappa shape index (κ1) is 18.6. The molecule has 1 aliphatic rings. The number of likely N-dealkylation sites (N-methyl/N-ethyl adjacent to an activating group) is 1. The SMILES string of the molecule is CNc1cncc(-c2c[nH]c(=O)c(N(C)C3CN(C(=O)C=CCN)C3)c2)n1. The molecule has 27 heavy (non-hydrogen) atoms. The number of hydrogen-bond acceptors (Lipinski definition) is 7. The van der Waals surface area contributed by atoms with E-state index in [1.54, 1.807) is 42.7 Å². The average molecular weight is 369 g/mol. The fourth-order valence-electron chi connectivity index (χ4n) is 2.86. The van der Waals surface area contributed by atoms with Gasteiger partial charge in [0.25, 0.3) is 5.56 Å². The minimum atomic E-state index is -0.188. The molecule has 0 unspecified atom stereocenters. The molecule has 0 radical (unpaired) electrons. The van der Waals surface area contributed by atoms with Crippen LogP contribution in [0.4, 0.5) is 11.5 Å². The molecule has 0 spiro atoms. The first-order valence-electron chi connectivity index (χ1n) is 8.64. The van der Waals surface area contributed by atoms with Crippen molar-refractivity contribution < 1.29 is 4.79 Å². The van der Waals surface area contributed by atoms with Gasteiger partial charge in [0.1, 0.15) is 11.5 Å². The number of amides is 1. The first-order chi connectivity index (χ1) is 13.0. The van der Waals surface area contributed by atoms with Crippen molar-refractivity contribution in [2.45, 2.75) is 6.04 Å². The second kappa shape index (κ2) is 8.00. The van der Waals surface area contributed by atoms with E-state index >= 15 is 0 Å². The Labute approximate surface area is 156 Å². The summed E-state index contributed by atoms with van der Waals surface area (Å²) < 4.78 is 0. The summed E-state index contributed by atoms with van der Waals surface area (Å²) in [4.78, 5) is 39.2. The van der Waals surface area contributed by atoms with E-state index in [1.807, 2.05) is 11.9 Å². The predicted octanol–water partition coefficient (Wildman–Crippen LogP) is 0.0355. The highest BCUT2D eigenvalue weighted by atomic mass is 16.2. The van der Waals surface area contributed by atoms with Crippen LogP contribution in [-0.4, -0.2) is 65.5 Å². The molecular weight excluding hydrogens is 346 g/mol. The number of nitrogens with one attached hydrogen (secondary N) is 2. The van der Waals surface area contributed by atoms with Crippen LogP contribution in [0.1, 0.15) is 0 Å². The van der Waals surface area contributed by atoms with E-state index in [0.717, 1.165) is 5.56 Å². The Hall–Kier alpha value is -3.20. The van der Waals surface area contributed by atoms with Gasteiger partial charge in [0.15, 0.2) is 0 Å². The molecule has 142 valence electrons. The third kappa shape index (κ3) is 3.98. The van der Waals surface area contributed by atoms with Crippen molar-refractivity contribution >= 4 is 17.4 Å². The Morgan fingerprint density at radius 1 is 1.48 bits per heavy atom. The molecule has 3 rings (SSSR count). The van der Waals surface area contributed by atoms with E-state index in [4.69, 9.17) is 5.73 Å². The van der Waals surface area contributed by atoms with Crippen molar-refractivity contribution in [2.24, 2.45) is 5.73 Å². The lowest BCUT2D eigenvalue weighted by Gasteiger charge is -2.44. The van der Waals surface area contributed by atoms with E-state index in [2.05, 4.69) is 20.3 Å². The van der Waals surface area contributed by atoms with Gasteiger partial charge in [0.05, 0.1) is 24.1 Å². The summed E-state index contributed by atoms with van der Waals surface area (Å²) >= 11 is 0. The number of pyridine rings is 1. The predicted molar refractivity (Wildman–Crippen MR) is 105 cm³/mol. The maximum absolute atomic E-state index is 12.3. The normalized spacial score (nSPS) is 14.3. The summed E-state index contributed by atoms with van der Waals surface area (Å²) in [7, 11) is 3.62. The van der Waals surface area contributed by atoms with Gasteiger partial charge >= 0.3 is 0 Å². The van der Waals surface area contributed by atoms with Crippen molar-refractivity contribution in [1.82, 2.24) is 19.9 Å². The number of nitrogens with two attached hydrogens (primary N) is 1. The lowest BCUT2D eigenvalue weighted by molar-refractivity contribution is -0.130. The lowest BCUT2D eigenvalue weighted by Crippen LogP contribution is -2.60. The minimum Gasteiger partial charge on any atom is -0.372 e. The van der Waals surface area contributed by atoms with Gasteiger partial charge in [-0.2, -0.15) is 0 Å². The third-order valence-corrected chi connectivity index (χ3v) is 4.57. The van der Waals surface area contributed by atoms with Crippen LogP contribution in [-0.2, 0) is 4.79 Å². The van der Waals surface area contributed by atoms with Crippen LogP contribution in [0.3, 0.4) is 0 Å². The Morgan fingerprint density at radius 3 is 2.96 bits per heavy atom. The Balaban J connectivity index is 1.76. The highest BCUT2D eigenvalue weighted by molar-refractivity contribution is 5.88. The number of hydrogen-bond donors (Lipinski definition) is 3. The van der Waals surface area contributed by atoms with Crippen molar-refractivity contribution in [3.8, 4) is 11.3 Å². The van der Waals surface area contributed by atoms with Crippen LogP contribution >= 0.6 is 0 Å². The zero-order valence-corrected chi connectivity index (χ0v) is 15.3. The van der Waals surface area contributed by atoms with E-state index in [1.165, 1.54) is 6.08 Å². The number of nitrogens with zero attached hydrogens (tertiary/aromatic N) is 4. The number of aromatic amines is 1.